The maximum absolute atomic E-state index is 12.4. The molecule has 0 bridgehead atoms. The molecule has 9 heteroatoms. The van der Waals surface area contributed by atoms with Gasteiger partial charge in [-0.25, -0.2) is 0 Å². The van der Waals surface area contributed by atoms with Crippen LogP contribution in [0.15, 0.2) is 40.9 Å². The van der Waals surface area contributed by atoms with E-state index in [0.717, 1.165) is 16.5 Å². The number of imide groups is 1. The first-order valence-electron chi connectivity index (χ1n) is 7.90. The Morgan fingerprint density at radius 1 is 1.22 bits per heavy atom. The fourth-order valence-electron chi connectivity index (χ4n) is 2.74. The molecule has 3 rings (SSSR count). The van der Waals surface area contributed by atoms with E-state index in [1.165, 1.54) is 12.1 Å². The standard InChI is InChI=1S/C18H13BrN2O6/c1-10-5-6-14(12(19)9-10)27-15(22)7-8-20-17(23)11-3-2-4-13(21(25)26)16(11)18(20)24/h2-6,9H,7-8H2,1H3. The molecule has 0 aliphatic carbocycles. The zero-order chi connectivity index (χ0) is 19.7. The van der Waals surface area contributed by atoms with Crippen LogP contribution in [0, 0.1) is 17.0 Å². The molecule has 2 aromatic carbocycles. The zero-order valence-electron chi connectivity index (χ0n) is 14.1. The number of nitro benzene ring substituents is 1. The molecule has 138 valence electrons. The topological polar surface area (TPSA) is 107 Å². The van der Waals surface area contributed by atoms with Crippen LogP contribution in [0.3, 0.4) is 0 Å². The van der Waals surface area contributed by atoms with Gasteiger partial charge in [0.05, 0.1) is 21.4 Å². The summed E-state index contributed by atoms with van der Waals surface area (Å²) in [6.07, 6.45) is -0.237. The van der Waals surface area contributed by atoms with Crippen molar-refractivity contribution >= 4 is 39.4 Å². The van der Waals surface area contributed by atoms with E-state index >= 15 is 0 Å². The van der Waals surface area contributed by atoms with Crippen LogP contribution in [0.4, 0.5) is 5.69 Å². The third-order valence-electron chi connectivity index (χ3n) is 4.02. The predicted molar refractivity (Wildman–Crippen MR) is 97.6 cm³/mol. The van der Waals surface area contributed by atoms with Crippen LogP contribution in [-0.2, 0) is 4.79 Å². The fourth-order valence-corrected chi connectivity index (χ4v) is 3.31. The number of carbonyl (C=O) groups is 3. The summed E-state index contributed by atoms with van der Waals surface area (Å²) in [7, 11) is 0. The van der Waals surface area contributed by atoms with Crippen LogP contribution in [0.2, 0.25) is 0 Å². The minimum Gasteiger partial charge on any atom is -0.425 e. The van der Waals surface area contributed by atoms with Crippen molar-refractivity contribution in [2.75, 3.05) is 6.54 Å². The SMILES string of the molecule is Cc1ccc(OC(=O)CCN2C(=O)c3cccc([N+](=O)[O-])c3C2=O)c(Br)c1. The van der Waals surface area contributed by atoms with Crippen molar-refractivity contribution in [1.82, 2.24) is 4.90 Å². The number of hydrogen-bond acceptors (Lipinski definition) is 6. The smallest absolute Gasteiger partial charge is 0.313 e. The van der Waals surface area contributed by atoms with E-state index in [1.54, 1.807) is 18.2 Å². The van der Waals surface area contributed by atoms with Gasteiger partial charge in [-0.1, -0.05) is 12.1 Å². The van der Waals surface area contributed by atoms with Crippen molar-refractivity contribution in [1.29, 1.82) is 0 Å². The third kappa shape index (κ3) is 3.59. The maximum atomic E-state index is 12.4. The molecular formula is C18H13BrN2O6. The summed E-state index contributed by atoms with van der Waals surface area (Å²) in [4.78, 5) is 48.1. The minimum atomic E-state index is -0.786. The number of nitro groups is 1. The van der Waals surface area contributed by atoms with Crippen molar-refractivity contribution in [2.24, 2.45) is 0 Å². The minimum absolute atomic E-state index is 0.0381. The Morgan fingerprint density at radius 2 is 1.96 bits per heavy atom. The number of carbonyl (C=O) groups excluding carboxylic acids is 3. The summed E-state index contributed by atoms with van der Waals surface area (Å²) in [6, 6.07) is 9.04. The van der Waals surface area contributed by atoms with E-state index in [4.69, 9.17) is 4.74 Å². The number of hydrogen-bond donors (Lipinski definition) is 0. The molecule has 27 heavy (non-hydrogen) atoms. The first-order valence-corrected chi connectivity index (χ1v) is 8.69. The number of esters is 1. The van der Waals surface area contributed by atoms with Gasteiger partial charge in [0.1, 0.15) is 11.3 Å². The van der Waals surface area contributed by atoms with Crippen molar-refractivity contribution in [3.8, 4) is 5.75 Å². The Bertz CT molecular complexity index is 988. The lowest BCUT2D eigenvalue weighted by atomic mass is 10.1. The average Bonchev–Trinajstić information content (AvgIpc) is 2.86. The lowest BCUT2D eigenvalue weighted by Crippen LogP contribution is -2.32. The molecule has 1 heterocycles. The predicted octanol–water partition coefficient (Wildman–Crippen LogP) is 3.26. The normalized spacial score (nSPS) is 12.9. The van der Waals surface area contributed by atoms with Crippen LogP contribution in [0.1, 0.15) is 32.7 Å². The summed E-state index contributed by atoms with van der Waals surface area (Å²) >= 11 is 3.29. The molecule has 2 amide bonds. The number of amides is 2. The Morgan fingerprint density at radius 3 is 2.63 bits per heavy atom. The maximum Gasteiger partial charge on any atom is 0.313 e. The highest BCUT2D eigenvalue weighted by atomic mass is 79.9. The fraction of sp³-hybridized carbons (Fsp3) is 0.167. The number of aryl methyl sites for hydroxylation is 1. The molecule has 0 saturated heterocycles. The summed E-state index contributed by atoms with van der Waals surface area (Å²) in [6.45, 7) is 1.66. The van der Waals surface area contributed by atoms with Gasteiger partial charge in [0.2, 0.25) is 0 Å². The highest BCUT2D eigenvalue weighted by Crippen LogP contribution is 2.31. The molecule has 0 aromatic heterocycles. The molecule has 0 radical (unpaired) electrons. The molecule has 1 aliphatic rings. The molecule has 0 spiro atoms. The monoisotopic (exact) mass is 432 g/mol. The molecule has 1 aliphatic heterocycles. The number of ether oxygens (including phenoxy) is 1. The van der Waals surface area contributed by atoms with Gasteiger partial charge in [-0.05, 0) is 46.6 Å². The first-order chi connectivity index (χ1) is 12.8. The van der Waals surface area contributed by atoms with E-state index in [2.05, 4.69) is 15.9 Å². The van der Waals surface area contributed by atoms with E-state index in [-0.39, 0.29) is 24.1 Å². The first kappa shape index (κ1) is 18.7. The summed E-state index contributed by atoms with van der Waals surface area (Å²) in [5, 5.41) is 11.1. The van der Waals surface area contributed by atoms with Crippen LogP contribution < -0.4 is 4.74 Å². The van der Waals surface area contributed by atoms with Gasteiger partial charge in [-0.15, -0.1) is 0 Å². The number of halogens is 1. The second-order valence-electron chi connectivity index (χ2n) is 5.88. The van der Waals surface area contributed by atoms with Crippen molar-refractivity contribution < 1.29 is 24.0 Å². The van der Waals surface area contributed by atoms with Crippen molar-refractivity contribution in [2.45, 2.75) is 13.3 Å². The van der Waals surface area contributed by atoms with Gasteiger partial charge < -0.3 is 4.74 Å². The van der Waals surface area contributed by atoms with E-state index in [1.807, 2.05) is 6.92 Å². The Hall–Kier alpha value is -3.07. The molecule has 0 N–H and O–H groups in total. The molecule has 2 aromatic rings. The van der Waals surface area contributed by atoms with Gasteiger partial charge in [-0.2, -0.15) is 0 Å². The second kappa shape index (κ2) is 7.28. The van der Waals surface area contributed by atoms with Crippen molar-refractivity contribution in [3.63, 3.8) is 0 Å². The molecule has 0 atom stereocenters. The summed E-state index contributed by atoms with van der Waals surface area (Å²) in [5.74, 6) is -1.76. The highest BCUT2D eigenvalue weighted by molar-refractivity contribution is 9.10. The molecular weight excluding hydrogens is 420 g/mol. The summed E-state index contributed by atoms with van der Waals surface area (Å²) < 4.78 is 5.83. The largest absolute Gasteiger partial charge is 0.425 e. The van der Waals surface area contributed by atoms with Crippen LogP contribution in [-0.4, -0.2) is 34.2 Å². The number of fused-ring (bicyclic) bond motifs is 1. The van der Waals surface area contributed by atoms with Gasteiger partial charge in [0, 0.05) is 12.6 Å². The van der Waals surface area contributed by atoms with Gasteiger partial charge in [-0.3, -0.25) is 29.4 Å². The van der Waals surface area contributed by atoms with Crippen molar-refractivity contribution in [3.05, 3.63) is 67.7 Å². The Balaban J connectivity index is 1.71. The quantitative estimate of drug-likeness (QED) is 0.236. The Kier molecular flexibility index (Phi) is 5.04. The Labute approximate surface area is 162 Å². The third-order valence-corrected chi connectivity index (χ3v) is 4.64. The lowest BCUT2D eigenvalue weighted by Gasteiger charge is -2.13. The molecule has 8 nitrogen and oxygen atoms in total. The highest BCUT2D eigenvalue weighted by Gasteiger charge is 2.40. The molecule has 0 fully saturated rings. The van der Waals surface area contributed by atoms with Gasteiger partial charge >= 0.3 is 5.97 Å². The second-order valence-corrected chi connectivity index (χ2v) is 6.73. The van der Waals surface area contributed by atoms with Crippen LogP contribution >= 0.6 is 15.9 Å². The number of benzene rings is 2. The molecule has 0 saturated carbocycles. The van der Waals surface area contributed by atoms with Gasteiger partial charge in [0.15, 0.2) is 0 Å². The lowest BCUT2D eigenvalue weighted by molar-refractivity contribution is -0.385. The van der Waals surface area contributed by atoms with E-state index in [0.29, 0.717) is 10.2 Å². The van der Waals surface area contributed by atoms with Crippen LogP contribution in [0.5, 0.6) is 5.75 Å². The zero-order valence-corrected chi connectivity index (χ0v) is 15.7. The van der Waals surface area contributed by atoms with Gasteiger partial charge in [0.25, 0.3) is 17.5 Å². The van der Waals surface area contributed by atoms with E-state index in [9.17, 15) is 24.5 Å². The number of nitrogens with zero attached hydrogens (tertiary/aromatic N) is 2. The van der Waals surface area contributed by atoms with E-state index < -0.39 is 28.4 Å². The average molecular weight is 433 g/mol. The molecule has 0 unspecified atom stereocenters. The van der Waals surface area contributed by atoms with Crippen LogP contribution in [0.25, 0.3) is 0 Å². The summed E-state index contributed by atoms with van der Waals surface area (Å²) in [5.41, 5.74) is 0.264. The number of rotatable bonds is 5.